The minimum atomic E-state index is 0.518. The van der Waals surface area contributed by atoms with E-state index >= 15 is 0 Å². The smallest absolute Gasteiger partial charge is 0.00199 e. The average molecular weight is 153 g/mol. The first-order valence-electron chi connectivity index (χ1n) is 4.63. The highest BCUT2D eigenvalue weighted by Gasteiger charge is 2.70. The summed E-state index contributed by atoms with van der Waals surface area (Å²) in [5.74, 6) is 0. The third kappa shape index (κ3) is 0.703. The summed E-state index contributed by atoms with van der Waals surface area (Å²) in [6, 6.07) is 0. The Labute approximate surface area is 69.4 Å². The van der Waals surface area contributed by atoms with Gasteiger partial charge in [-0.15, -0.1) is 0 Å². The van der Waals surface area contributed by atoms with Crippen LogP contribution in [-0.4, -0.2) is 6.54 Å². The number of hydrogen-bond donors (Lipinski definition) is 1. The van der Waals surface area contributed by atoms with E-state index in [2.05, 4.69) is 20.8 Å². The third-order valence-corrected chi connectivity index (χ3v) is 4.16. The summed E-state index contributed by atoms with van der Waals surface area (Å²) in [7, 11) is 0. The fourth-order valence-corrected chi connectivity index (χ4v) is 3.01. The molecule has 3 aliphatic carbocycles. The molecule has 64 valence electrons. The standard InChI is InChI=1S/C10H19N/c1-8(2,3)10-4-9(5-10,6-10)7-11/h4-7,11H2,1-3H3. The van der Waals surface area contributed by atoms with Crippen LogP contribution < -0.4 is 5.73 Å². The summed E-state index contributed by atoms with van der Waals surface area (Å²) in [6.07, 6.45) is 4.21. The molecule has 3 saturated carbocycles. The minimum absolute atomic E-state index is 0.518. The minimum Gasteiger partial charge on any atom is -0.330 e. The van der Waals surface area contributed by atoms with Gasteiger partial charge in [0.25, 0.3) is 0 Å². The van der Waals surface area contributed by atoms with Crippen LogP contribution in [0.5, 0.6) is 0 Å². The van der Waals surface area contributed by atoms with Gasteiger partial charge >= 0.3 is 0 Å². The lowest BCUT2D eigenvalue weighted by molar-refractivity contribution is -0.252. The van der Waals surface area contributed by atoms with Crippen molar-refractivity contribution in [1.82, 2.24) is 0 Å². The van der Waals surface area contributed by atoms with E-state index in [0.717, 1.165) is 6.54 Å². The first kappa shape index (κ1) is 7.60. The van der Waals surface area contributed by atoms with Crippen LogP contribution in [0.25, 0.3) is 0 Å². The quantitative estimate of drug-likeness (QED) is 0.614. The van der Waals surface area contributed by atoms with Gasteiger partial charge in [-0.05, 0) is 42.1 Å². The molecule has 0 aromatic heterocycles. The molecule has 3 rings (SSSR count). The zero-order valence-corrected chi connectivity index (χ0v) is 7.91. The summed E-state index contributed by atoms with van der Waals surface area (Å²) in [6.45, 7) is 8.02. The van der Waals surface area contributed by atoms with E-state index in [1.54, 1.807) is 0 Å². The first-order valence-corrected chi connectivity index (χ1v) is 4.63. The van der Waals surface area contributed by atoms with E-state index in [-0.39, 0.29) is 0 Å². The van der Waals surface area contributed by atoms with Crippen molar-refractivity contribution in [3.05, 3.63) is 0 Å². The predicted molar refractivity (Wildman–Crippen MR) is 47.2 cm³/mol. The Morgan fingerprint density at radius 1 is 1.18 bits per heavy atom. The Morgan fingerprint density at radius 3 is 1.91 bits per heavy atom. The maximum absolute atomic E-state index is 5.71. The second-order valence-corrected chi connectivity index (χ2v) is 5.76. The number of hydrogen-bond acceptors (Lipinski definition) is 1. The Morgan fingerprint density at radius 2 is 1.64 bits per heavy atom. The van der Waals surface area contributed by atoms with E-state index in [4.69, 9.17) is 5.73 Å². The maximum atomic E-state index is 5.71. The van der Waals surface area contributed by atoms with E-state index in [1.165, 1.54) is 19.3 Å². The molecule has 0 aromatic carbocycles. The van der Waals surface area contributed by atoms with Gasteiger partial charge in [0.2, 0.25) is 0 Å². The van der Waals surface area contributed by atoms with Crippen LogP contribution >= 0.6 is 0 Å². The first-order chi connectivity index (χ1) is 4.93. The lowest BCUT2D eigenvalue weighted by Gasteiger charge is -2.75. The van der Waals surface area contributed by atoms with Crippen molar-refractivity contribution in [3.8, 4) is 0 Å². The molecule has 2 bridgehead atoms. The Balaban J connectivity index is 2.04. The summed E-state index contributed by atoms with van der Waals surface area (Å²) in [4.78, 5) is 0. The molecule has 0 radical (unpaired) electrons. The highest BCUT2D eigenvalue weighted by Crippen LogP contribution is 2.78. The Hall–Kier alpha value is -0.0400. The summed E-state index contributed by atoms with van der Waals surface area (Å²) in [5, 5.41) is 0. The van der Waals surface area contributed by atoms with Crippen LogP contribution in [0.3, 0.4) is 0 Å². The Kier molecular flexibility index (Phi) is 1.15. The van der Waals surface area contributed by atoms with Gasteiger partial charge in [0.1, 0.15) is 0 Å². The molecule has 2 N–H and O–H groups in total. The van der Waals surface area contributed by atoms with Crippen molar-refractivity contribution in [2.24, 2.45) is 22.0 Å². The molecular weight excluding hydrogens is 134 g/mol. The molecule has 0 heterocycles. The van der Waals surface area contributed by atoms with Gasteiger partial charge in [0.05, 0.1) is 0 Å². The molecule has 0 atom stereocenters. The summed E-state index contributed by atoms with van der Waals surface area (Å²) < 4.78 is 0. The fraction of sp³-hybridized carbons (Fsp3) is 1.00. The summed E-state index contributed by atoms with van der Waals surface area (Å²) >= 11 is 0. The second-order valence-electron chi connectivity index (χ2n) is 5.76. The molecule has 0 aliphatic heterocycles. The van der Waals surface area contributed by atoms with Crippen LogP contribution in [-0.2, 0) is 0 Å². The molecule has 11 heavy (non-hydrogen) atoms. The molecular formula is C10H19N. The van der Waals surface area contributed by atoms with Gasteiger partial charge < -0.3 is 5.73 Å². The van der Waals surface area contributed by atoms with Gasteiger partial charge in [-0.1, -0.05) is 20.8 Å². The monoisotopic (exact) mass is 153 g/mol. The molecule has 3 aliphatic rings. The SMILES string of the molecule is CC(C)(C)C12CC(CN)(C1)C2. The van der Waals surface area contributed by atoms with Crippen molar-refractivity contribution in [1.29, 1.82) is 0 Å². The summed E-state index contributed by atoms with van der Waals surface area (Å²) in [5.41, 5.74) is 7.52. The molecule has 0 aromatic rings. The van der Waals surface area contributed by atoms with Crippen molar-refractivity contribution in [2.75, 3.05) is 6.54 Å². The molecule has 3 fully saturated rings. The number of nitrogens with two attached hydrogens (primary N) is 1. The van der Waals surface area contributed by atoms with E-state index in [0.29, 0.717) is 16.2 Å². The van der Waals surface area contributed by atoms with E-state index in [1.807, 2.05) is 0 Å². The van der Waals surface area contributed by atoms with Gasteiger partial charge in [-0.25, -0.2) is 0 Å². The second kappa shape index (κ2) is 1.66. The molecule has 1 nitrogen and oxygen atoms in total. The van der Waals surface area contributed by atoms with Crippen LogP contribution in [0, 0.1) is 16.2 Å². The van der Waals surface area contributed by atoms with Crippen molar-refractivity contribution in [3.63, 3.8) is 0 Å². The molecule has 0 unspecified atom stereocenters. The average Bonchev–Trinajstić information content (AvgIpc) is 1.53. The zero-order chi connectivity index (χ0) is 8.33. The van der Waals surface area contributed by atoms with Crippen LogP contribution in [0.15, 0.2) is 0 Å². The van der Waals surface area contributed by atoms with Gasteiger partial charge in [-0.2, -0.15) is 0 Å². The maximum Gasteiger partial charge on any atom is -0.00199 e. The van der Waals surface area contributed by atoms with Crippen LogP contribution in [0.1, 0.15) is 40.0 Å². The Bertz CT molecular complexity index is 168. The largest absolute Gasteiger partial charge is 0.330 e. The number of rotatable bonds is 1. The molecule has 0 saturated heterocycles. The third-order valence-electron chi connectivity index (χ3n) is 4.16. The molecule has 0 spiro atoms. The lowest BCUT2D eigenvalue weighted by Crippen LogP contribution is -2.69. The zero-order valence-electron chi connectivity index (χ0n) is 7.91. The van der Waals surface area contributed by atoms with Crippen molar-refractivity contribution >= 4 is 0 Å². The van der Waals surface area contributed by atoms with Crippen molar-refractivity contribution < 1.29 is 0 Å². The predicted octanol–water partition coefficient (Wildman–Crippen LogP) is 2.16. The highest BCUT2D eigenvalue weighted by molar-refractivity contribution is 5.20. The normalized spacial score (nSPS) is 48.0. The van der Waals surface area contributed by atoms with E-state index in [9.17, 15) is 0 Å². The van der Waals surface area contributed by atoms with Gasteiger partial charge in [0, 0.05) is 0 Å². The van der Waals surface area contributed by atoms with E-state index < -0.39 is 0 Å². The lowest BCUT2D eigenvalue weighted by atomic mass is 9.29. The van der Waals surface area contributed by atoms with Crippen molar-refractivity contribution in [2.45, 2.75) is 40.0 Å². The topological polar surface area (TPSA) is 26.0 Å². The molecule has 1 heteroatoms. The fourth-order valence-electron chi connectivity index (χ4n) is 3.01. The van der Waals surface area contributed by atoms with Crippen LogP contribution in [0.4, 0.5) is 0 Å². The molecule has 0 amide bonds. The highest BCUT2D eigenvalue weighted by atomic mass is 14.8. The van der Waals surface area contributed by atoms with Crippen LogP contribution in [0.2, 0.25) is 0 Å². The van der Waals surface area contributed by atoms with Gasteiger partial charge in [-0.3, -0.25) is 0 Å². The van der Waals surface area contributed by atoms with Gasteiger partial charge in [0.15, 0.2) is 0 Å².